The summed E-state index contributed by atoms with van der Waals surface area (Å²) in [5, 5.41) is 7.11. The maximum absolute atomic E-state index is 3.59. The molecule has 17 heavy (non-hydrogen) atoms. The second-order valence-corrected chi connectivity index (χ2v) is 5.10. The van der Waals surface area contributed by atoms with Gasteiger partial charge in [0.05, 0.1) is 0 Å². The molecule has 0 spiro atoms. The van der Waals surface area contributed by atoms with E-state index >= 15 is 0 Å². The second kappa shape index (κ2) is 6.77. The van der Waals surface area contributed by atoms with Gasteiger partial charge in [-0.25, -0.2) is 0 Å². The summed E-state index contributed by atoms with van der Waals surface area (Å²) < 4.78 is 0. The number of rotatable bonds is 5. The van der Waals surface area contributed by atoms with E-state index in [1.807, 2.05) is 0 Å². The molecule has 1 atom stereocenters. The summed E-state index contributed by atoms with van der Waals surface area (Å²) in [6, 6.07) is 9.52. The minimum Gasteiger partial charge on any atom is -0.314 e. The number of aryl methyl sites for hydroxylation is 1. The van der Waals surface area contributed by atoms with Gasteiger partial charge in [0, 0.05) is 12.6 Å². The summed E-state index contributed by atoms with van der Waals surface area (Å²) >= 11 is 0. The molecule has 0 aliphatic carbocycles. The number of hydrogen-bond acceptors (Lipinski definition) is 2. The Kier molecular flexibility index (Phi) is 5.02. The molecule has 1 aliphatic heterocycles. The van der Waals surface area contributed by atoms with Crippen LogP contribution < -0.4 is 10.6 Å². The molecule has 1 heterocycles. The molecule has 1 aliphatic rings. The van der Waals surface area contributed by atoms with Crippen LogP contribution in [0.15, 0.2) is 24.3 Å². The normalized spacial score (nSPS) is 20.4. The van der Waals surface area contributed by atoms with Gasteiger partial charge < -0.3 is 10.6 Å². The largest absolute Gasteiger partial charge is 0.314 e. The molecule has 2 heteroatoms. The molecule has 1 aromatic carbocycles. The monoisotopic (exact) mass is 232 g/mol. The Morgan fingerprint density at radius 2 is 2.06 bits per heavy atom. The van der Waals surface area contributed by atoms with Crippen LogP contribution in [0.2, 0.25) is 0 Å². The highest BCUT2D eigenvalue weighted by molar-refractivity contribution is 5.20. The van der Waals surface area contributed by atoms with Crippen LogP contribution in [-0.2, 0) is 6.54 Å². The zero-order valence-electron chi connectivity index (χ0n) is 10.8. The van der Waals surface area contributed by atoms with E-state index in [0.717, 1.165) is 19.1 Å². The average molecular weight is 232 g/mol. The van der Waals surface area contributed by atoms with Crippen LogP contribution in [0.25, 0.3) is 0 Å². The molecule has 0 bridgehead atoms. The van der Waals surface area contributed by atoms with Gasteiger partial charge in [0.2, 0.25) is 0 Å². The SMILES string of the molecule is Cc1ccc(CNCCC2CCCCN2)cc1. The summed E-state index contributed by atoms with van der Waals surface area (Å²) in [7, 11) is 0. The predicted octanol–water partition coefficient (Wildman–Crippen LogP) is 2.62. The summed E-state index contributed by atoms with van der Waals surface area (Å²) in [6.07, 6.45) is 5.36. The Balaban J connectivity index is 1.60. The molecular weight excluding hydrogens is 208 g/mol. The Morgan fingerprint density at radius 3 is 2.76 bits per heavy atom. The third kappa shape index (κ3) is 4.49. The Hall–Kier alpha value is -0.860. The number of hydrogen-bond donors (Lipinski definition) is 2. The predicted molar refractivity (Wildman–Crippen MR) is 73.1 cm³/mol. The van der Waals surface area contributed by atoms with Crippen LogP contribution >= 0.6 is 0 Å². The lowest BCUT2D eigenvalue weighted by Crippen LogP contribution is -2.36. The molecule has 1 saturated heterocycles. The molecule has 2 nitrogen and oxygen atoms in total. The number of piperidine rings is 1. The molecule has 1 aromatic rings. The molecule has 0 saturated carbocycles. The van der Waals surface area contributed by atoms with Crippen molar-refractivity contribution < 1.29 is 0 Å². The van der Waals surface area contributed by atoms with Crippen LogP contribution in [-0.4, -0.2) is 19.1 Å². The third-order valence-corrected chi connectivity index (χ3v) is 3.53. The van der Waals surface area contributed by atoms with Crippen LogP contribution in [0.3, 0.4) is 0 Å². The van der Waals surface area contributed by atoms with Crippen molar-refractivity contribution in [3.05, 3.63) is 35.4 Å². The Morgan fingerprint density at radius 1 is 1.24 bits per heavy atom. The first-order valence-corrected chi connectivity index (χ1v) is 6.84. The molecule has 2 rings (SSSR count). The third-order valence-electron chi connectivity index (χ3n) is 3.53. The van der Waals surface area contributed by atoms with Gasteiger partial charge in [-0.05, 0) is 44.8 Å². The highest BCUT2D eigenvalue weighted by Crippen LogP contribution is 2.09. The first-order chi connectivity index (χ1) is 8.34. The average Bonchev–Trinajstić information content (AvgIpc) is 2.38. The van der Waals surface area contributed by atoms with Crippen LogP contribution in [0.1, 0.15) is 36.8 Å². The standard InChI is InChI=1S/C15H24N2/c1-13-5-7-14(8-6-13)12-16-11-9-15-4-2-3-10-17-15/h5-8,15-17H,2-4,9-12H2,1H3. The minimum absolute atomic E-state index is 0.745. The van der Waals surface area contributed by atoms with Crippen LogP contribution in [0.4, 0.5) is 0 Å². The zero-order valence-corrected chi connectivity index (χ0v) is 10.8. The van der Waals surface area contributed by atoms with E-state index in [1.165, 1.54) is 43.4 Å². The topological polar surface area (TPSA) is 24.1 Å². The van der Waals surface area contributed by atoms with Crippen molar-refractivity contribution in [2.75, 3.05) is 13.1 Å². The van der Waals surface area contributed by atoms with Gasteiger partial charge in [-0.15, -0.1) is 0 Å². The lowest BCUT2D eigenvalue weighted by atomic mass is 10.0. The lowest BCUT2D eigenvalue weighted by Gasteiger charge is -2.23. The fraction of sp³-hybridized carbons (Fsp3) is 0.600. The van der Waals surface area contributed by atoms with Crippen molar-refractivity contribution in [1.82, 2.24) is 10.6 Å². The molecular formula is C15H24N2. The molecule has 1 unspecified atom stereocenters. The van der Waals surface area contributed by atoms with E-state index in [2.05, 4.69) is 41.8 Å². The summed E-state index contributed by atoms with van der Waals surface area (Å²) in [5.74, 6) is 0. The molecule has 0 amide bonds. The van der Waals surface area contributed by atoms with Crippen LogP contribution in [0.5, 0.6) is 0 Å². The van der Waals surface area contributed by atoms with Gasteiger partial charge in [-0.1, -0.05) is 36.2 Å². The van der Waals surface area contributed by atoms with Crippen molar-refractivity contribution >= 4 is 0 Å². The summed E-state index contributed by atoms with van der Waals surface area (Å²) in [5.41, 5.74) is 2.72. The van der Waals surface area contributed by atoms with E-state index < -0.39 is 0 Å². The summed E-state index contributed by atoms with van der Waals surface area (Å²) in [4.78, 5) is 0. The van der Waals surface area contributed by atoms with Gasteiger partial charge in [0.15, 0.2) is 0 Å². The summed E-state index contributed by atoms with van der Waals surface area (Å²) in [6.45, 7) is 5.45. The van der Waals surface area contributed by atoms with Gasteiger partial charge >= 0.3 is 0 Å². The highest BCUT2D eigenvalue weighted by Gasteiger charge is 2.11. The van der Waals surface area contributed by atoms with Crippen LogP contribution in [0, 0.1) is 6.92 Å². The Bertz CT molecular complexity index is 312. The van der Waals surface area contributed by atoms with E-state index in [9.17, 15) is 0 Å². The Labute approximate surface area is 105 Å². The maximum Gasteiger partial charge on any atom is 0.0205 e. The first-order valence-electron chi connectivity index (χ1n) is 6.84. The molecule has 1 fully saturated rings. The quantitative estimate of drug-likeness (QED) is 0.763. The first kappa shape index (κ1) is 12.6. The van der Waals surface area contributed by atoms with Gasteiger partial charge in [0.25, 0.3) is 0 Å². The molecule has 2 N–H and O–H groups in total. The fourth-order valence-electron chi connectivity index (χ4n) is 2.39. The second-order valence-electron chi connectivity index (χ2n) is 5.10. The molecule has 0 radical (unpaired) electrons. The van der Waals surface area contributed by atoms with E-state index in [4.69, 9.17) is 0 Å². The number of nitrogens with one attached hydrogen (secondary N) is 2. The van der Waals surface area contributed by atoms with Gasteiger partial charge in [0.1, 0.15) is 0 Å². The van der Waals surface area contributed by atoms with Crippen molar-refractivity contribution in [3.63, 3.8) is 0 Å². The highest BCUT2D eigenvalue weighted by atomic mass is 14.9. The van der Waals surface area contributed by atoms with Crippen molar-refractivity contribution in [3.8, 4) is 0 Å². The zero-order chi connectivity index (χ0) is 11.9. The van der Waals surface area contributed by atoms with Gasteiger partial charge in [-0.3, -0.25) is 0 Å². The van der Waals surface area contributed by atoms with E-state index in [0.29, 0.717) is 0 Å². The van der Waals surface area contributed by atoms with E-state index in [-0.39, 0.29) is 0 Å². The smallest absolute Gasteiger partial charge is 0.0205 e. The molecule has 0 aromatic heterocycles. The maximum atomic E-state index is 3.59. The number of benzene rings is 1. The lowest BCUT2D eigenvalue weighted by molar-refractivity contribution is 0.376. The fourth-order valence-corrected chi connectivity index (χ4v) is 2.39. The van der Waals surface area contributed by atoms with Gasteiger partial charge in [-0.2, -0.15) is 0 Å². The molecule has 94 valence electrons. The van der Waals surface area contributed by atoms with Crippen molar-refractivity contribution in [1.29, 1.82) is 0 Å². The van der Waals surface area contributed by atoms with E-state index in [1.54, 1.807) is 0 Å². The van der Waals surface area contributed by atoms with Crippen molar-refractivity contribution in [2.45, 2.75) is 45.2 Å². The van der Waals surface area contributed by atoms with Crippen molar-refractivity contribution in [2.24, 2.45) is 0 Å². The minimum atomic E-state index is 0.745.